The van der Waals surface area contributed by atoms with Crippen LogP contribution in [0.1, 0.15) is 52.9 Å². The quantitative estimate of drug-likeness (QED) is 0.634. The van der Waals surface area contributed by atoms with E-state index in [1.165, 1.54) is 12.0 Å². The average Bonchev–Trinajstić information content (AvgIpc) is 2.18. The largest absolute Gasteiger partial charge is 0.481 e. The van der Waals surface area contributed by atoms with Crippen LogP contribution in [-0.4, -0.2) is 11.1 Å². The first-order valence-corrected chi connectivity index (χ1v) is 5.58. The Labute approximate surface area is 87.0 Å². The topological polar surface area (TPSA) is 37.3 Å². The minimum Gasteiger partial charge on any atom is -0.481 e. The van der Waals surface area contributed by atoms with Crippen LogP contribution in [0.25, 0.3) is 0 Å². The summed E-state index contributed by atoms with van der Waals surface area (Å²) in [5.74, 6) is -0.989. The van der Waals surface area contributed by atoms with E-state index in [9.17, 15) is 4.79 Å². The number of allylic oxidation sites excluding steroid dienone is 1. The van der Waals surface area contributed by atoms with Crippen molar-refractivity contribution in [1.82, 2.24) is 0 Å². The van der Waals surface area contributed by atoms with Gasteiger partial charge in [0.1, 0.15) is 0 Å². The zero-order valence-electron chi connectivity index (χ0n) is 9.55. The van der Waals surface area contributed by atoms with E-state index >= 15 is 0 Å². The van der Waals surface area contributed by atoms with E-state index in [0.29, 0.717) is 6.42 Å². The number of hydrogen-bond donors (Lipinski definition) is 1. The summed E-state index contributed by atoms with van der Waals surface area (Å²) in [4.78, 5) is 10.8. The highest BCUT2D eigenvalue weighted by atomic mass is 16.4. The van der Waals surface area contributed by atoms with Gasteiger partial charge in [0, 0.05) is 0 Å². The Morgan fingerprint density at radius 1 is 1.36 bits per heavy atom. The standard InChI is InChI=1S/C12H22O2/c1-4-7-8-10(5-2)9-11(6-3)12(13)14/h9,11H,4-8H2,1-3H3,(H,13,14)/b10-9+. The van der Waals surface area contributed by atoms with Crippen molar-refractivity contribution in [1.29, 1.82) is 0 Å². The number of unbranched alkanes of at least 4 members (excludes halogenated alkanes) is 1. The number of carboxylic acids is 1. The fourth-order valence-electron chi connectivity index (χ4n) is 1.43. The molecule has 1 N–H and O–H groups in total. The molecule has 0 aromatic rings. The Bertz CT molecular complexity index is 194. The van der Waals surface area contributed by atoms with Gasteiger partial charge in [0.2, 0.25) is 0 Å². The lowest BCUT2D eigenvalue weighted by Crippen LogP contribution is -2.10. The molecule has 2 nitrogen and oxygen atoms in total. The SMILES string of the molecule is CCCC/C(=C/C(CC)C(=O)O)CC. The predicted molar refractivity (Wildman–Crippen MR) is 59.3 cm³/mol. The van der Waals surface area contributed by atoms with Crippen molar-refractivity contribution >= 4 is 5.97 Å². The van der Waals surface area contributed by atoms with Gasteiger partial charge in [0.05, 0.1) is 5.92 Å². The molecule has 0 saturated heterocycles. The average molecular weight is 198 g/mol. The maximum absolute atomic E-state index is 10.8. The maximum atomic E-state index is 10.8. The molecule has 14 heavy (non-hydrogen) atoms. The minimum atomic E-state index is -0.699. The van der Waals surface area contributed by atoms with Gasteiger partial charge in [-0.1, -0.05) is 38.8 Å². The molecule has 0 aromatic carbocycles. The molecule has 82 valence electrons. The molecule has 0 aliphatic carbocycles. The fraction of sp³-hybridized carbons (Fsp3) is 0.750. The molecule has 0 saturated carbocycles. The number of aliphatic carboxylic acids is 1. The monoisotopic (exact) mass is 198 g/mol. The van der Waals surface area contributed by atoms with Crippen molar-refractivity contribution in [3.63, 3.8) is 0 Å². The molecule has 0 aliphatic rings. The van der Waals surface area contributed by atoms with E-state index in [0.717, 1.165) is 19.3 Å². The Balaban J connectivity index is 4.30. The second-order valence-electron chi connectivity index (χ2n) is 3.64. The number of rotatable bonds is 7. The molecular formula is C12H22O2. The van der Waals surface area contributed by atoms with Crippen molar-refractivity contribution < 1.29 is 9.90 Å². The maximum Gasteiger partial charge on any atom is 0.310 e. The summed E-state index contributed by atoms with van der Waals surface area (Å²) in [6.07, 6.45) is 6.99. The van der Waals surface area contributed by atoms with Crippen LogP contribution in [0, 0.1) is 5.92 Å². The van der Waals surface area contributed by atoms with Gasteiger partial charge in [0.25, 0.3) is 0 Å². The lowest BCUT2D eigenvalue weighted by atomic mass is 9.98. The first-order valence-electron chi connectivity index (χ1n) is 5.58. The van der Waals surface area contributed by atoms with Gasteiger partial charge in [-0.2, -0.15) is 0 Å². The summed E-state index contributed by atoms with van der Waals surface area (Å²) < 4.78 is 0. The molecule has 1 unspecified atom stereocenters. The molecular weight excluding hydrogens is 176 g/mol. The molecule has 0 rings (SSSR count). The lowest BCUT2D eigenvalue weighted by molar-refractivity contribution is -0.140. The third kappa shape index (κ3) is 5.05. The van der Waals surface area contributed by atoms with Crippen LogP contribution in [-0.2, 0) is 4.79 Å². The molecule has 1 atom stereocenters. The predicted octanol–water partition coefficient (Wildman–Crippen LogP) is 3.62. The normalized spacial score (nSPS) is 14.1. The Kier molecular flexibility index (Phi) is 7.17. The van der Waals surface area contributed by atoms with Crippen molar-refractivity contribution in [2.75, 3.05) is 0 Å². The van der Waals surface area contributed by atoms with Crippen LogP contribution in [0.3, 0.4) is 0 Å². The summed E-state index contributed by atoms with van der Waals surface area (Å²) in [5, 5.41) is 8.90. The van der Waals surface area contributed by atoms with Gasteiger partial charge >= 0.3 is 5.97 Å². The first kappa shape index (κ1) is 13.2. The summed E-state index contributed by atoms with van der Waals surface area (Å²) >= 11 is 0. The van der Waals surface area contributed by atoms with Crippen molar-refractivity contribution in [3.8, 4) is 0 Å². The van der Waals surface area contributed by atoms with E-state index in [-0.39, 0.29) is 5.92 Å². The van der Waals surface area contributed by atoms with Gasteiger partial charge in [-0.3, -0.25) is 4.79 Å². The van der Waals surface area contributed by atoms with Crippen LogP contribution in [0.2, 0.25) is 0 Å². The van der Waals surface area contributed by atoms with Gasteiger partial charge in [-0.15, -0.1) is 0 Å². The zero-order chi connectivity index (χ0) is 11.0. The molecule has 0 heterocycles. The van der Waals surface area contributed by atoms with Crippen LogP contribution >= 0.6 is 0 Å². The van der Waals surface area contributed by atoms with Crippen LogP contribution in [0.5, 0.6) is 0 Å². The van der Waals surface area contributed by atoms with E-state index in [1.54, 1.807) is 0 Å². The summed E-state index contributed by atoms with van der Waals surface area (Å²) in [5.41, 5.74) is 1.29. The Hall–Kier alpha value is -0.790. The molecule has 2 heteroatoms. The summed E-state index contributed by atoms with van der Waals surface area (Å²) in [6, 6.07) is 0. The van der Waals surface area contributed by atoms with Gasteiger partial charge in [0.15, 0.2) is 0 Å². The fourth-order valence-corrected chi connectivity index (χ4v) is 1.43. The number of hydrogen-bond acceptors (Lipinski definition) is 1. The van der Waals surface area contributed by atoms with Gasteiger partial charge in [-0.05, 0) is 25.7 Å². The zero-order valence-corrected chi connectivity index (χ0v) is 9.55. The number of carboxylic acid groups (broad SMARTS) is 1. The summed E-state index contributed by atoms with van der Waals surface area (Å²) in [6.45, 7) is 6.17. The Morgan fingerprint density at radius 2 is 2.00 bits per heavy atom. The summed E-state index contributed by atoms with van der Waals surface area (Å²) in [7, 11) is 0. The van der Waals surface area contributed by atoms with E-state index in [2.05, 4.69) is 13.8 Å². The third-order valence-electron chi connectivity index (χ3n) is 2.50. The van der Waals surface area contributed by atoms with Gasteiger partial charge in [-0.25, -0.2) is 0 Å². The molecule has 0 spiro atoms. The van der Waals surface area contributed by atoms with E-state index in [4.69, 9.17) is 5.11 Å². The van der Waals surface area contributed by atoms with Crippen molar-refractivity contribution in [2.24, 2.45) is 5.92 Å². The second kappa shape index (κ2) is 7.60. The highest BCUT2D eigenvalue weighted by Crippen LogP contribution is 2.16. The van der Waals surface area contributed by atoms with E-state index in [1.807, 2.05) is 13.0 Å². The highest BCUT2D eigenvalue weighted by molar-refractivity contribution is 5.72. The molecule has 0 bridgehead atoms. The lowest BCUT2D eigenvalue weighted by Gasteiger charge is -2.08. The van der Waals surface area contributed by atoms with Crippen LogP contribution in [0.4, 0.5) is 0 Å². The van der Waals surface area contributed by atoms with Crippen LogP contribution < -0.4 is 0 Å². The van der Waals surface area contributed by atoms with Crippen molar-refractivity contribution in [3.05, 3.63) is 11.6 Å². The number of carbonyl (C=O) groups is 1. The first-order chi connectivity index (χ1) is 6.65. The minimum absolute atomic E-state index is 0.290. The molecule has 0 amide bonds. The smallest absolute Gasteiger partial charge is 0.310 e. The second-order valence-corrected chi connectivity index (χ2v) is 3.64. The highest BCUT2D eigenvalue weighted by Gasteiger charge is 2.12. The molecule has 0 aromatic heterocycles. The van der Waals surface area contributed by atoms with Crippen molar-refractivity contribution in [2.45, 2.75) is 52.9 Å². The third-order valence-corrected chi connectivity index (χ3v) is 2.50. The molecule has 0 aliphatic heterocycles. The molecule has 0 radical (unpaired) electrons. The van der Waals surface area contributed by atoms with Crippen LogP contribution in [0.15, 0.2) is 11.6 Å². The van der Waals surface area contributed by atoms with Gasteiger partial charge < -0.3 is 5.11 Å². The Morgan fingerprint density at radius 3 is 2.36 bits per heavy atom. The molecule has 0 fully saturated rings. The van der Waals surface area contributed by atoms with E-state index < -0.39 is 5.97 Å².